The van der Waals surface area contributed by atoms with Gasteiger partial charge in [-0.15, -0.1) is 0 Å². The van der Waals surface area contributed by atoms with Crippen molar-refractivity contribution in [3.8, 4) is 0 Å². The molecule has 0 fully saturated rings. The van der Waals surface area contributed by atoms with Crippen LogP contribution < -0.4 is 141 Å². The molecule has 0 saturated heterocycles. The van der Waals surface area contributed by atoms with Crippen LogP contribution in [0, 0.1) is 0 Å². The molecule has 0 amide bonds. The van der Waals surface area contributed by atoms with E-state index < -0.39 is 0 Å². The monoisotopic (exact) mass is 634 g/mol. The van der Waals surface area contributed by atoms with Gasteiger partial charge in [0.1, 0.15) is 0 Å². The van der Waals surface area contributed by atoms with Crippen LogP contribution >= 0.6 is 0 Å². The first-order valence-electron chi connectivity index (χ1n) is 0. The van der Waals surface area contributed by atoms with Gasteiger partial charge in [-0.1, -0.05) is 0 Å². The molecule has 24 valence electrons. The molecular formula is CsI3Sn+2. The fourth-order valence-corrected chi connectivity index (χ4v) is 0. The van der Waals surface area contributed by atoms with Crippen LogP contribution in [0.25, 0.3) is 0 Å². The molecule has 0 spiro atoms. The van der Waals surface area contributed by atoms with Crippen molar-refractivity contribution in [1.82, 2.24) is 0 Å². The molecule has 0 radical (unpaired) electrons. The van der Waals surface area contributed by atoms with Gasteiger partial charge in [-0.2, -0.15) is 0 Å². The van der Waals surface area contributed by atoms with Crippen molar-refractivity contribution in [1.29, 1.82) is 0 Å². The van der Waals surface area contributed by atoms with Gasteiger partial charge in [0, 0.05) is 0 Å². The van der Waals surface area contributed by atoms with Crippen LogP contribution in [0.4, 0.5) is 0 Å². The average molecular weight is 632 g/mol. The molecule has 5 heteroatoms. The van der Waals surface area contributed by atoms with Crippen molar-refractivity contribution >= 4 is 23.9 Å². The van der Waals surface area contributed by atoms with Crippen LogP contribution in [0.5, 0.6) is 0 Å². The van der Waals surface area contributed by atoms with E-state index in [1.54, 1.807) is 0 Å². The Labute approximate surface area is 159 Å². The molecule has 0 aliphatic heterocycles. The quantitative estimate of drug-likeness (QED) is 0.184. The van der Waals surface area contributed by atoms with Crippen LogP contribution in [0.1, 0.15) is 0 Å². The zero-order valence-corrected chi connectivity index (χ0v) is 18.2. The van der Waals surface area contributed by atoms with E-state index in [1.807, 2.05) is 0 Å². The van der Waals surface area contributed by atoms with Gasteiger partial charge in [0.15, 0.2) is 0 Å². The summed E-state index contributed by atoms with van der Waals surface area (Å²) in [6.07, 6.45) is 0. The van der Waals surface area contributed by atoms with E-state index in [2.05, 4.69) is 0 Å². The molecule has 0 aromatic heterocycles. The van der Waals surface area contributed by atoms with Crippen molar-refractivity contribution in [3.63, 3.8) is 0 Å². The number of rotatable bonds is 0. The minimum absolute atomic E-state index is 0. The first-order valence-corrected chi connectivity index (χ1v) is 0. The van der Waals surface area contributed by atoms with Crippen LogP contribution in [0.2, 0.25) is 0 Å². The Morgan fingerprint density at radius 3 is 0.600 bits per heavy atom. The van der Waals surface area contributed by atoms with E-state index in [0.29, 0.717) is 0 Å². The maximum absolute atomic E-state index is 0. The largest absolute Gasteiger partial charge is 4.00 e. The fraction of sp³-hybridized carbons (Fsp3) is 0. The summed E-state index contributed by atoms with van der Waals surface area (Å²) in [5, 5.41) is 0. The second kappa shape index (κ2) is 23.0. The smallest absolute Gasteiger partial charge is 1.00 e. The summed E-state index contributed by atoms with van der Waals surface area (Å²) in [5.74, 6) is 0. The molecule has 0 aromatic carbocycles. The predicted molar refractivity (Wildman–Crippen MR) is 5.75 cm³/mol. The molecule has 0 N–H and O–H groups in total. The molecule has 0 nitrogen and oxygen atoms in total. The molecule has 5 heavy (non-hydrogen) atoms. The molecule has 0 atom stereocenters. The van der Waals surface area contributed by atoms with Gasteiger partial charge in [-0.3, -0.25) is 0 Å². The second-order valence-corrected chi connectivity index (χ2v) is 0. The van der Waals surface area contributed by atoms with E-state index in [9.17, 15) is 0 Å². The van der Waals surface area contributed by atoms with Gasteiger partial charge in [-0.05, 0) is 0 Å². The summed E-state index contributed by atoms with van der Waals surface area (Å²) in [7, 11) is 0. The minimum Gasteiger partial charge on any atom is -1.00 e. The Bertz CT molecular complexity index is 6.85. The zero-order chi connectivity index (χ0) is 0. The summed E-state index contributed by atoms with van der Waals surface area (Å²) in [6.45, 7) is 0. The van der Waals surface area contributed by atoms with E-state index in [-0.39, 0.29) is 165 Å². The Kier molecular flexibility index (Phi) is 149. The first-order chi connectivity index (χ1) is 0. The number of halogens is 3. The zero-order valence-electron chi connectivity index (χ0n) is 2.63. The summed E-state index contributed by atoms with van der Waals surface area (Å²) in [6, 6.07) is 0. The van der Waals surface area contributed by atoms with E-state index in [4.69, 9.17) is 0 Å². The standard InChI is InChI=1S/Cs.3HI.Sn/h;3*1H;/q+1;;;;+4/p-3. The Morgan fingerprint density at radius 2 is 0.600 bits per heavy atom. The molecule has 0 aliphatic rings. The normalized spacial score (nSPS) is 0. The van der Waals surface area contributed by atoms with Crippen molar-refractivity contribution in [2.75, 3.05) is 0 Å². The van der Waals surface area contributed by atoms with Crippen molar-refractivity contribution in [3.05, 3.63) is 0 Å². The Balaban J connectivity index is 0. The van der Waals surface area contributed by atoms with E-state index >= 15 is 0 Å². The minimum atomic E-state index is 0. The topological polar surface area (TPSA) is 0 Å². The third-order valence-corrected chi connectivity index (χ3v) is 0. The van der Waals surface area contributed by atoms with Gasteiger partial charge in [0.2, 0.25) is 0 Å². The Morgan fingerprint density at radius 1 is 0.600 bits per heavy atom. The number of hydrogen-bond donors (Lipinski definition) is 0. The summed E-state index contributed by atoms with van der Waals surface area (Å²) >= 11 is 0. The van der Waals surface area contributed by atoms with Crippen molar-refractivity contribution < 1.29 is 141 Å². The maximum Gasteiger partial charge on any atom is 4.00 e. The van der Waals surface area contributed by atoms with Crippen LogP contribution in [0.15, 0.2) is 0 Å². The molecule has 0 aromatic rings. The SMILES string of the molecule is [Cs+].[I-].[I-].[I-].[Sn+4]. The first kappa shape index (κ1) is 32.3. The van der Waals surface area contributed by atoms with Crippen LogP contribution in [-0.2, 0) is 0 Å². The molecule has 0 bridgehead atoms. The molecule has 0 saturated carbocycles. The van der Waals surface area contributed by atoms with Gasteiger partial charge in [-0.25, -0.2) is 0 Å². The van der Waals surface area contributed by atoms with Gasteiger partial charge in [0.05, 0.1) is 0 Å². The van der Waals surface area contributed by atoms with Gasteiger partial charge < -0.3 is 71.9 Å². The van der Waals surface area contributed by atoms with E-state index in [1.165, 1.54) is 0 Å². The third-order valence-electron chi connectivity index (χ3n) is 0. The van der Waals surface area contributed by atoms with Crippen LogP contribution in [-0.4, -0.2) is 23.9 Å². The molecular weight excluding hydrogens is 632 g/mol. The average Bonchev–Trinajstić information content (AvgIpc) is 0. The van der Waals surface area contributed by atoms with Gasteiger partial charge >= 0.3 is 92.8 Å². The maximum atomic E-state index is 0. The predicted octanol–water partition coefficient (Wildman–Crippen LogP) is -12.4. The molecule has 0 unspecified atom stereocenters. The summed E-state index contributed by atoms with van der Waals surface area (Å²) < 4.78 is 0. The number of hydrogen-bond acceptors (Lipinski definition) is 0. The van der Waals surface area contributed by atoms with Crippen LogP contribution in [0.3, 0.4) is 0 Å². The summed E-state index contributed by atoms with van der Waals surface area (Å²) in [5.41, 5.74) is 0. The molecule has 0 aliphatic carbocycles. The third kappa shape index (κ3) is 17.6. The Hall–Kier alpha value is 5.04. The van der Waals surface area contributed by atoms with E-state index in [0.717, 1.165) is 0 Å². The van der Waals surface area contributed by atoms with Gasteiger partial charge in [0.25, 0.3) is 0 Å². The summed E-state index contributed by atoms with van der Waals surface area (Å²) in [4.78, 5) is 0. The molecule has 0 rings (SSSR count). The van der Waals surface area contributed by atoms with Crippen molar-refractivity contribution in [2.45, 2.75) is 0 Å². The molecule has 0 heterocycles. The van der Waals surface area contributed by atoms with Crippen molar-refractivity contribution in [2.24, 2.45) is 0 Å². The second-order valence-electron chi connectivity index (χ2n) is 0. The fourth-order valence-electron chi connectivity index (χ4n) is 0.